The molecule has 0 saturated heterocycles. The topological polar surface area (TPSA) is 79.5 Å². The predicted octanol–water partition coefficient (Wildman–Crippen LogP) is 2.82. The van der Waals surface area contributed by atoms with Gasteiger partial charge in [0.25, 0.3) is 0 Å². The highest BCUT2D eigenvalue weighted by Gasteiger charge is 2.15. The molecule has 0 fully saturated rings. The van der Waals surface area contributed by atoms with Gasteiger partial charge in [-0.15, -0.1) is 11.3 Å². The van der Waals surface area contributed by atoms with Crippen LogP contribution in [0, 0.1) is 0 Å². The number of benzene rings is 1. The maximum absolute atomic E-state index is 11.1. The van der Waals surface area contributed by atoms with E-state index in [1.165, 1.54) is 11.3 Å². The van der Waals surface area contributed by atoms with Gasteiger partial charge in [-0.25, -0.2) is 9.78 Å². The van der Waals surface area contributed by atoms with Crippen LogP contribution in [0.4, 0.5) is 11.4 Å². The second-order valence-electron chi connectivity index (χ2n) is 4.03. The lowest BCUT2D eigenvalue weighted by Crippen LogP contribution is -2.18. The van der Waals surface area contributed by atoms with Crippen molar-refractivity contribution in [2.75, 3.05) is 17.7 Å². The maximum atomic E-state index is 11.1. The van der Waals surface area contributed by atoms with Gasteiger partial charge in [0.1, 0.15) is 0 Å². The highest BCUT2D eigenvalue weighted by molar-refractivity contribution is 9.10. The number of rotatable bonds is 4. The molecule has 0 radical (unpaired) electrons. The molecule has 0 spiro atoms. The first-order valence-electron chi connectivity index (χ1n) is 5.39. The number of thiazole rings is 1. The Balaban J connectivity index is 2.33. The zero-order chi connectivity index (χ0) is 14.0. The molecule has 5 nitrogen and oxygen atoms in total. The lowest BCUT2D eigenvalue weighted by atomic mass is 10.1. The van der Waals surface area contributed by atoms with Gasteiger partial charge in [-0.2, -0.15) is 0 Å². The van der Waals surface area contributed by atoms with Gasteiger partial charge in [0.05, 0.1) is 29.0 Å². The molecule has 0 amide bonds. The molecule has 0 aliphatic heterocycles. The maximum Gasteiger partial charge on any atom is 0.337 e. The molecule has 1 heterocycles. The van der Waals surface area contributed by atoms with Crippen LogP contribution in [0.15, 0.2) is 27.5 Å². The van der Waals surface area contributed by atoms with E-state index < -0.39 is 5.97 Å². The molecule has 0 atom stereocenters. The number of carbonyl (C=O) groups is 1. The fourth-order valence-corrected chi connectivity index (χ4v) is 2.91. The predicted molar refractivity (Wildman–Crippen MR) is 79.7 cm³/mol. The smallest absolute Gasteiger partial charge is 0.337 e. The van der Waals surface area contributed by atoms with E-state index in [1.54, 1.807) is 17.6 Å². The van der Waals surface area contributed by atoms with Crippen molar-refractivity contribution in [1.29, 1.82) is 0 Å². The molecule has 2 rings (SSSR count). The normalized spacial score (nSPS) is 10.4. The molecule has 0 aliphatic rings. The summed E-state index contributed by atoms with van der Waals surface area (Å²) in [5, 5.41) is 11.1. The number of nitrogens with zero attached hydrogens (tertiary/aromatic N) is 2. The number of nitrogen functional groups attached to an aromatic ring is 1. The Morgan fingerprint density at radius 2 is 2.32 bits per heavy atom. The Kier molecular flexibility index (Phi) is 4.06. The summed E-state index contributed by atoms with van der Waals surface area (Å²) >= 11 is 4.93. The van der Waals surface area contributed by atoms with Gasteiger partial charge in [-0.05, 0) is 28.1 Å². The van der Waals surface area contributed by atoms with Crippen molar-refractivity contribution in [3.63, 3.8) is 0 Å². The molecule has 0 bridgehead atoms. The molecule has 3 N–H and O–H groups in total. The molecule has 0 unspecified atom stereocenters. The van der Waals surface area contributed by atoms with Crippen molar-refractivity contribution >= 4 is 44.6 Å². The summed E-state index contributed by atoms with van der Waals surface area (Å²) in [6, 6.07) is 3.17. The van der Waals surface area contributed by atoms with E-state index in [1.807, 2.05) is 17.3 Å². The highest BCUT2D eigenvalue weighted by atomic mass is 79.9. The number of hydrogen-bond donors (Lipinski definition) is 2. The summed E-state index contributed by atoms with van der Waals surface area (Å²) in [7, 11) is 1.88. The number of carboxylic acids is 1. The van der Waals surface area contributed by atoms with Gasteiger partial charge >= 0.3 is 5.97 Å². The van der Waals surface area contributed by atoms with E-state index in [-0.39, 0.29) is 11.3 Å². The third-order valence-electron chi connectivity index (χ3n) is 2.64. The minimum absolute atomic E-state index is 0.100. The molecule has 19 heavy (non-hydrogen) atoms. The van der Waals surface area contributed by atoms with Crippen LogP contribution < -0.4 is 10.6 Å². The molecule has 0 aliphatic carbocycles. The van der Waals surface area contributed by atoms with E-state index in [9.17, 15) is 4.79 Å². The van der Waals surface area contributed by atoms with Crippen LogP contribution in [0.1, 0.15) is 16.1 Å². The van der Waals surface area contributed by atoms with Crippen LogP contribution in [0.2, 0.25) is 0 Å². The average Bonchev–Trinajstić information content (AvgIpc) is 2.81. The fourth-order valence-electron chi connectivity index (χ4n) is 1.70. The molecule has 1 aromatic heterocycles. The first kappa shape index (κ1) is 13.8. The van der Waals surface area contributed by atoms with Crippen LogP contribution in [-0.4, -0.2) is 23.1 Å². The van der Waals surface area contributed by atoms with Gasteiger partial charge < -0.3 is 15.7 Å². The SMILES string of the molecule is CN(Cc1cscn1)c1cc(C(=O)O)c(N)cc1Br. The number of hydrogen-bond acceptors (Lipinski definition) is 5. The monoisotopic (exact) mass is 341 g/mol. The molecule has 2 aromatic rings. The minimum atomic E-state index is -1.03. The Labute approximate surface area is 122 Å². The summed E-state index contributed by atoms with van der Waals surface area (Å²) in [6.45, 7) is 0.602. The lowest BCUT2D eigenvalue weighted by molar-refractivity contribution is 0.0698. The van der Waals surface area contributed by atoms with Crippen molar-refractivity contribution in [3.8, 4) is 0 Å². The van der Waals surface area contributed by atoms with Gasteiger partial charge in [-0.3, -0.25) is 0 Å². The largest absolute Gasteiger partial charge is 0.478 e. The van der Waals surface area contributed by atoms with Crippen LogP contribution in [0.3, 0.4) is 0 Å². The summed E-state index contributed by atoms with van der Waals surface area (Å²) in [5.74, 6) is -1.03. The number of halogens is 1. The fraction of sp³-hybridized carbons (Fsp3) is 0.167. The highest BCUT2D eigenvalue weighted by Crippen LogP contribution is 2.31. The second kappa shape index (κ2) is 5.58. The van der Waals surface area contributed by atoms with Crippen molar-refractivity contribution in [3.05, 3.63) is 38.8 Å². The average molecular weight is 342 g/mol. The Hall–Kier alpha value is -1.60. The van der Waals surface area contributed by atoms with E-state index >= 15 is 0 Å². The van der Waals surface area contributed by atoms with Gasteiger partial charge in [0.15, 0.2) is 0 Å². The number of aromatic carboxylic acids is 1. The summed E-state index contributed by atoms with van der Waals surface area (Å²) in [4.78, 5) is 17.2. The van der Waals surface area contributed by atoms with Crippen molar-refractivity contribution in [1.82, 2.24) is 4.98 Å². The second-order valence-corrected chi connectivity index (χ2v) is 5.60. The Bertz CT molecular complexity index is 601. The van der Waals surface area contributed by atoms with Crippen LogP contribution in [-0.2, 0) is 6.54 Å². The third-order valence-corrected chi connectivity index (χ3v) is 3.91. The van der Waals surface area contributed by atoms with E-state index in [4.69, 9.17) is 10.8 Å². The zero-order valence-corrected chi connectivity index (χ0v) is 12.5. The standard InChI is InChI=1S/C12H12BrN3O2S/c1-16(4-7-5-19-6-15-7)11-2-8(12(17)18)10(14)3-9(11)13/h2-3,5-6H,4,14H2,1H3,(H,17,18). The number of anilines is 2. The summed E-state index contributed by atoms with van der Waals surface area (Å²) in [5.41, 5.74) is 9.50. The van der Waals surface area contributed by atoms with Crippen LogP contribution >= 0.6 is 27.3 Å². The lowest BCUT2D eigenvalue weighted by Gasteiger charge is -2.20. The number of aromatic nitrogens is 1. The Morgan fingerprint density at radius 1 is 1.58 bits per heavy atom. The zero-order valence-electron chi connectivity index (χ0n) is 10.1. The third kappa shape index (κ3) is 3.05. The van der Waals surface area contributed by atoms with Gasteiger partial charge in [0.2, 0.25) is 0 Å². The number of carboxylic acid groups (broad SMARTS) is 1. The van der Waals surface area contributed by atoms with Crippen molar-refractivity contribution in [2.45, 2.75) is 6.54 Å². The van der Waals surface area contributed by atoms with E-state index in [2.05, 4.69) is 20.9 Å². The van der Waals surface area contributed by atoms with Gasteiger partial charge in [0, 0.05) is 22.6 Å². The minimum Gasteiger partial charge on any atom is -0.478 e. The summed E-state index contributed by atoms with van der Waals surface area (Å²) in [6.07, 6.45) is 0. The molecular weight excluding hydrogens is 330 g/mol. The molecule has 1 aromatic carbocycles. The molecule has 0 saturated carbocycles. The Morgan fingerprint density at radius 3 is 2.89 bits per heavy atom. The quantitative estimate of drug-likeness (QED) is 0.836. The van der Waals surface area contributed by atoms with Gasteiger partial charge in [-0.1, -0.05) is 0 Å². The molecule has 7 heteroatoms. The van der Waals surface area contributed by atoms with Crippen LogP contribution in [0.5, 0.6) is 0 Å². The summed E-state index contributed by atoms with van der Waals surface area (Å²) < 4.78 is 0.757. The first-order chi connectivity index (χ1) is 8.99. The van der Waals surface area contributed by atoms with Crippen molar-refractivity contribution in [2.24, 2.45) is 0 Å². The first-order valence-corrected chi connectivity index (χ1v) is 7.13. The molecular formula is C12H12BrN3O2S. The van der Waals surface area contributed by atoms with Crippen molar-refractivity contribution < 1.29 is 9.90 Å². The molecule has 100 valence electrons. The number of nitrogens with two attached hydrogens (primary N) is 1. The van der Waals surface area contributed by atoms with E-state index in [0.717, 1.165) is 15.9 Å². The van der Waals surface area contributed by atoms with E-state index in [0.29, 0.717) is 6.54 Å². The van der Waals surface area contributed by atoms with Crippen LogP contribution in [0.25, 0.3) is 0 Å².